The van der Waals surface area contributed by atoms with Crippen LogP contribution in [0.1, 0.15) is 28.9 Å². The van der Waals surface area contributed by atoms with Gasteiger partial charge < -0.3 is 9.53 Å². The maximum absolute atomic E-state index is 11.3. The lowest BCUT2D eigenvalue weighted by molar-refractivity contribution is -0.124. The minimum atomic E-state index is -0.455. The summed E-state index contributed by atoms with van der Waals surface area (Å²) in [6.07, 6.45) is 1.22. The Labute approximate surface area is 125 Å². The van der Waals surface area contributed by atoms with Crippen LogP contribution >= 0.6 is 22.6 Å². The number of rotatable bonds is 2. The fourth-order valence-corrected chi connectivity index (χ4v) is 3.00. The van der Waals surface area contributed by atoms with E-state index in [4.69, 9.17) is 4.74 Å². The summed E-state index contributed by atoms with van der Waals surface area (Å²) < 4.78 is 7.06. The lowest BCUT2D eigenvalue weighted by atomic mass is 9.92. The lowest BCUT2D eigenvalue weighted by Gasteiger charge is -2.30. The Balaban J connectivity index is 1.98. The van der Waals surface area contributed by atoms with E-state index in [1.54, 1.807) is 0 Å². The molecule has 0 bridgehead atoms. The van der Waals surface area contributed by atoms with Crippen molar-refractivity contribution in [1.82, 2.24) is 0 Å². The molecule has 0 spiro atoms. The number of halogens is 1. The molecule has 1 aliphatic rings. The average molecular weight is 364 g/mol. The molecule has 1 aliphatic heterocycles. The zero-order chi connectivity index (χ0) is 13.2. The Kier molecular flexibility index (Phi) is 3.66. The molecule has 1 heterocycles. The Morgan fingerprint density at radius 3 is 2.68 bits per heavy atom. The first-order valence-corrected chi connectivity index (χ1v) is 7.30. The quantitative estimate of drug-likeness (QED) is 0.598. The molecule has 2 nitrogen and oxygen atoms in total. The van der Waals surface area contributed by atoms with Gasteiger partial charge in [0.1, 0.15) is 6.10 Å². The van der Waals surface area contributed by atoms with Crippen LogP contribution in [0.5, 0.6) is 0 Å². The Morgan fingerprint density at radius 2 is 1.95 bits per heavy atom. The molecule has 2 unspecified atom stereocenters. The van der Waals surface area contributed by atoms with Crippen molar-refractivity contribution < 1.29 is 9.53 Å². The molecule has 96 valence electrons. The zero-order valence-electron chi connectivity index (χ0n) is 10.3. The van der Waals surface area contributed by atoms with E-state index in [0.717, 1.165) is 27.4 Å². The van der Waals surface area contributed by atoms with Crippen LogP contribution in [0, 0.1) is 3.57 Å². The van der Waals surface area contributed by atoms with Crippen molar-refractivity contribution in [2.75, 3.05) is 0 Å². The predicted octanol–water partition coefficient (Wildman–Crippen LogP) is 3.85. The molecule has 2 atom stereocenters. The van der Waals surface area contributed by atoms with E-state index in [9.17, 15) is 4.79 Å². The van der Waals surface area contributed by atoms with Gasteiger partial charge in [0.15, 0.2) is 6.29 Å². The molecule has 0 amide bonds. The van der Waals surface area contributed by atoms with E-state index in [2.05, 4.69) is 34.7 Å². The number of aldehydes is 1. The molecule has 0 aliphatic carbocycles. The van der Waals surface area contributed by atoms with Gasteiger partial charge in [-0.1, -0.05) is 36.4 Å². The van der Waals surface area contributed by atoms with Crippen molar-refractivity contribution in [2.24, 2.45) is 0 Å². The molecule has 0 fully saturated rings. The van der Waals surface area contributed by atoms with E-state index < -0.39 is 6.10 Å². The highest BCUT2D eigenvalue weighted by atomic mass is 127. The molecule has 0 saturated carbocycles. The summed E-state index contributed by atoms with van der Waals surface area (Å²) in [6.45, 7) is 0. The largest absolute Gasteiger partial charge is 0.358 e. The molecule has 0 N–H and O–H groups in total. The number of benzene rings is 2. The van der Waals surface area contributed by atoms with Crippen molar-refractivity contribution in [3.63, 3.8) is 0 Å². The van der Waals surface area contributed by atoms with Gasteiger partial charge in [0.05, 0.1) is 6.10 Å². The minimum absolute atomic E-state index is 0.0380. The Bertz CT molecular complexity index is 595. The van der Waals surface area contributed by atoms with E-state index >= 15 is 0 Å². The number of carbonyl (C=O) groups is 1. The molecule has 2 aromatic carbocycles. The van der Waals surface area contributed by atoms with Gasteiger partial charge in [-0.3, -0.25) is 0 Å². The topological polar surface area (TPSA) is 26.3 Å². The molecule has 3 heteroatoms. The molecule has 19 heavy (non-hydrogen) atoms. The van der Waals surface area contributed by atoms with Crippen molar-refractivity contribution in [2.45, 2.75) is 18.6 Å². The first-order valence-electron chi connectivity index (χ1n) is 6.22. The second-order valence-electron chi connectivity index (χ2n) is 4.64. The normalized spacial score (nSPS) is 21.7. The third-order valence-corrected chi connectivity index (χ3v) is 4.10. The van der Waals surface area contributed by atoms with Crippen molar-refractivity contribution in [3.05, 3.63) is 68.8 Å². The first-order chi connectivity index (χ1) is 9.28. The van der Waals surface area contributed by atoms with E-state index in [0.29, 0.717) is 0 Å². The van der Waals surface area contributed by atoms with Crippen LogP contribution in [0.3, 0.4) is 0 Å². The smallest absolute Gasteiger partial charge is 0.153 e. The highest BCUT2D eigenvalue weighted by molar-refractivity contribution is 14.1. The van der Waals surface area contributed by atoms with Gasteiger partial charge in [0, 0.05) is 9.99 Å². The lowest BCUT2D eigenvalue weighted by Crippen LogP contribution is -2.21. The maximum Gasteiger partial charge on any atom is 0.153 e. The summed E-state index contributed by atoms with van der Waals surface area (Å²) in [5, 5.41) is 0. The van der Waals surface area contributed by atoms with Crippen molar-refractivity contribution in [3.8, 4) is 0 Å². The number of ether oxygens (including phenoxy) is 1. The highest BCUT2D eigenvalue weighted by Gasteiger charge is 2.28. The van der Waals surface area contributed by atoms with Gasteiger partial charge in [-0.15, -0.1) is 0 Å². The predicted molar refractivity (Wildman–Crippen MR) is 81.9 cm³/mol. The molecular formula is C16H13IO2. The van der Waals surface area contributed by atoms with Crippen LogP contribution in [-0.2, 0) is 16.0 Å². The molecule has 3 rings (SSSR count). The van der Waals surface area contributed by atoms with E-state index in [-0.39, 0.29) is 6.10 Å². The van der Waals surface area contributed by atoms with Gasteiger partial charge >= 0.3 is 0 Å². The fourth-order valence-electron chi connectivity index (χ4n) is 2.48. The summed E-state index contributed by atoms with van der Waals surface area (Å²) in [6, 6.07) is 16.3. The minimum Gasteiger partial charge on any atom is -0.358 e. The summed E-state index contributed by atoms with van der Waals surface area (Å²) in [4.78, 5) is 11.3. The maximum atomic E-state index is 11.3. The molecule has 0 radical (unpaired) electrons. The van der Waals surface area contributed by atoms with Crippen LogP contribution in [0.4, 0.5) is 0 Å². The zero-order valence-corrected chi connectivity index (χ0v) is 12.4. The number of fused-ring (bicyclic) bond motifs is 1. The van der Waals surface area contributed by atoms with Gasteiger partial charge in [-0.25, -0.2) is 0 Å². The number of hydrogen-bond donors (Lipinski definition) is 0. The molecule has 2 aromatic rings. The van der Waals surface area contributed by atoms with Gasteiger partial charge in [-0.2, -0.15) is 0 Å². The van der Waals surface area contributed by atoms with Gasteiger partial charge in [0.25, 0.3) is 0 Å². The van der Waals surface area contributed by atoms with E-state index in [1.165, 1.54) is 5.56 Å². The molecular weight excluding hydrogens is 351 g/mol. The van der Waals surface area contributed by atoms with Crippen LogP contribution in [-0.4, -0.2) is 6.29 Å². The van der Waals surface area contributed by atoms with Crippen LogP contribution in [0.2, 0.25) is 0 Å². The van der Waals surface area contributed by atoms with Crippen molar-refractivity contribution >= 4 is 28.9 Å². The number of carbonyl (C=O) groups excluding carboxylic acids is 1. The SMILES string of the molecule is O=CC1OC(c2ccccc2)Cc2ccc(I)cc21. The van der Waals surface area contributed by atoms with Crippen LogP contribution in [0.25, 0.3) is 0 Å². The average Bonchev–Trinajstić information content (AvgIpc) is 2.47. The second kappa shape index (κ2) is 5.43. The summed E-state index contributed by atoms with van der Waals surface area (Å²) in [7, 11) is 0. The standard InChI is InChI=1S/C16H13IO2/c17-13-7-6-12-8-15(11-4-2-1-3-5-11)19-16(10-18)14(12)9-13/h1-7,9-10,15-16H,8H2. The third-order valence-electron chi connectivity index (χ3n) is 3.43. The van der Waals surface area contributed by atoms with Gasteiger partial charge in [0.2, 0.25) is 0 Å². The van der Waals surface area contributed by atoms with Crippen LogP contribution < -0.4 is 0 Å². The summed E-state index contributed by atoms with van der Waals surface area (Å²) in [5.41, 5.74) is 3.34. The highest BCUT2D eigenvalue weighted by Crippen LogP contribution is 2.36. The Hall–Kier alpha value is -1.20. The summed E-state index contributed by atoms with van der Waals surface area (Å²) >= 11 is 2.26. The second-order valence-corrected chi connectivity index (χ2v) is 5.88. The third kappa shape index (κ3) is 2.58. The fraction of sp³-hybridized carbons (Fsp3) is 0.188. The monoisotopic (exact) mass is 364 g/mol. The van der Waals surface area contributed by atoms with Crippen molar-refractivity contribution in [1.29, 1.82) is 0 Å². The molecule has 0 aromatic heterocycles. The van der Waals surface area contributed by atoms with E-state index in [1.807, 2.05) is 36.4 Å². The first kappa shape index (κ1) is 12.8. The Morgan fingerprint density at radius 1 is 1.16 bits per heavy atom. The van der Waals surface area contributed by atoms with Crippen LogP contribution in [0.15, 0.2) is 48.5 Å². The van der Waals surface area contributed by atoms with Gasteiger partial charge in [-0.05, 0) is 51.4 Å². The molecule has 0 saturated heterocycles. The summed E-state index contributed by atoms with van der Waals surface area (Å²) in [5.74, 6) is 0. The number of hydrogen-bond acceptors (Lipinski definition) is 2.